The minimum atomic E-state index is 0.113. The van der Waals surface area contributed by atoms with Crippen molar-refractivity contribution in [3.05, 3.63) is 12.4 Å². The van der Waals surface area contributed by atoms with E-state index in [0.29, 0.717) is 13.2 Å². The van der Waals surface area contributed by atoms with Crippen molar-refractivity contribution in [3.63, 3.8) is 0 Å². The Morgan fingerprint density at radius 3 is 2.38 bits per heavy atom. The van der Waals surface area contributed by atoms with Crippen molar-refractivity contribution in [3.8, 4) is 0 Å². The van der Waals surface area contributed by atoms with Gasteiger partial charge in [0.15, 0.2) is 0 Å². The normalized spacial score (nSPS) is 18.8. The molecule has 7 nitrogen and oxygen atoms in total. The van der Waals surface area contributed by atoms with Crippen LogP contribution in [0.15, 0.2) is 12.4 Å². The molecule has 3 rings (SSSR count). The van der Waals surface area contributed by atoms with Crippen molar-refractivity contribution in [1.29, 1.82) is 0 Å². The first-order chi connectivity index (χ1) is 12.7. The summed E-state index contributed by atoms with van der Waals surface area (Å²) in [5, 5.41) is 0. The predicted molar refractivity (Wildman–Crippen MR) is 103 cm³/mol. The Bertz CT molecular complexity index is 566. The second-order valence-electron chi connectivity index (χ2n) is 7.30. The summed E-state index contributed by atoms with van der Waals surface area (Å²) in [5.41, 5.74) is 1.06. The zero-order chi connectivity index (χ0) is 18.4. The monoisotopic (exact) mass is 361 g/mol. The summed E-state index contributed by atoms with van der Waals surface area (Å²) in [5.74, 6) is 1.19. The van der Waals surface area contributed by atoms with Crippen LogP contribution in [0.2, 0.25) is 0 Å². The van der Waals surface area contributed by atoms with Crippen molar-refractivity contribution in [2.75, 3.05) is 63.3 Å². The maximum absolute atomic E-state index is 12.5. The summed E-state index contributed by atoms with van der Waals surface area (Å²) < 4.78 is 5.06. The number of rotatable bonds is 6. The van der Waals surface area contributed by atoms with Crippen LogP contribution in [0, 0.1) is 5.92 Å². The molecule has 26 heavy (non-hydrogen) atoms. The van der Waals surface area contributed by atoms with Gasteiger partial charge in [0.25, 0.3) is 0 Å². The molecule has 0 aromatic carbocycles. The molecule has 0 spiro atoms. The molecular weight excluding hydrogens is 330 g/mol. The first-order valence-corrected chi connectivity index (χ1v) is 9.75. The molecule has 1 amide bonds. The number of hydrogen-bond donors (Lipinski definition) is 0. The second-order valence-corrected chi connectivity index (χ2v) is 7.30. The lowest BCUT2D eigenvalue weighted by molar-refractivity contribution is -0.135. The quantitative estimate of drug-likeness (QED) is 0.770. The minimum absolute atomic E-state index is 0.113. The Labute approximate surface area is 156 Å². The van der Waals surface area contributed by atoms with Gasteiger partial charge in [-0.25, -0.2) is 9.97 Å². The number of carbonyl (C=O) groups is 1. The molecule has 2 fully saturated rings. The van der Waals surface area contributed by atoms with Crippen LogP contribution in [0.4, 0.5) is 11.6 Å². The number of aromatic nitrogens is 2. The van der Waals surface area contributed by atoms with Gasteiger partial charge >= 0.3 is 0 Å². The highest BCUT2D eigenvalue weighted by Gasteiger charge is 2.27. The fourth-order valence-corrected chi connectivity index (χ4v) is 3.77. The molecule has 7 heteroatoms. The molecule has 1 aromatic rings. The molecule has 0 atom stereocenters. The molecule has 0 saturated carbocycles. The first kappa shape index (κ1) is 18.9. The summed E-state index contributed by atoms with van der Waals surface area (Å²) in [6.07, 6.45) is 9.39. The number of hydrogen-bond acceptors (Lipinski definition) is 6. The van der Waals surface area contributed by atoms with E-state index in [-0.39, 0.29) is 11.8 Å². The number of amides is 1. The predicted octanol–water partition coefficient (Wildman–Crippen LogP) is 1.79. The highest BCUT2D eigenvalue weighted by Crippen LogP contribution is 2.24. The Hall–Kier alpha value is -1.89. The standard InChI is InChI=1S/C19H31N5O2/c1-22(12-13-26-2)18(25)16-6-10-23(11-7-16)17-14-20-19(21-15-17)24-8-4-3-5-9-24/h14-16H,3-13H2,1-2H3. The summed E-state index contributed by atoms with van der Waals surface area (Å²) in [4.78, 5) is 28.0. The van der Waals surface area contributed by atoms with Gasteiger partial charge in [0.05, 0.1) is 24.7 Å². The van der Waals surface area contributed by atoms with E-state index < -0.39 is 0 Å². The van der Waals surface area contributed by atoms with E-state index in [4.69, 9.17) is 4.74 Å². The molecule has 1 aromatic heterocycles. The average Bonchev–Trinajstić information content (AvgIpc) is 2.72. The van der Waals surface area contributed by atoms with Crippen LogP contribution in [0.3, 0.4) is 0 Å². The maximum atomic E-state index is 12.5. The molecule has 0 aliphatic carbocycles. The Morgan fingerprint density at radius 2 is 1.77 bits per heavy atom. The summed E-state index contributed by atoms with van der Waals surface area (Å²) in [6, 6.07) is 0. The lowest BCUT2D eigenvalue weighted by Gasteiger charge is -2.34. The van der Waals surface area contributed by atoms with Gasteiger partial charge in [-0.05, 0) is 32.1 Å². The van der Waals surface area contributed by atoms with Crippen molar-refractivity contribution in [1.82, 2.24) is 14.9 Å². The molecular formula is C19H31N5O2. The molecule has 0 bridgehead atoms. The number of ether oxygens (including phenoxy) is 1. The van der Waals surface area contributed by atoms with Crippen molar-refractivity contribution in [2.24, 2.45) is 5.92 Å². The van der Waals surface area contributed by atoms with Gasteiger partial charge in [-0.1, -0.05) is 0 Å². The third kappa shape index (κ3) is 4.63. The molecule has 144 valence electrons. The van der Waals surface area contributed by atoms with Crippen LogP contribution < -0.4 is 9.80 Å². The first-order valence-electron chi connectivity index (χ1n) is 9.75. The van der Waals surface area contributed by atoms with E-state index in [9.17, 15) is 4.79 Å². The lowest BCUT2D eigenvalue weighted by atomic mass is 9.95. The molecule has 3 heterocycles. The Morgan fingerprint density at radius 1 is 1.12 bits per heavy atom. The van der Waals surface area contributed by atoms with Gasteiger partial charge in [-0.15, -0.1) is 0 Å². The van der Waals surface area contributed by atoms with Crippen LogP contribution in [0.5, 0.6) is 0 Å². The summed E-state index contributed by atoms with van der Waals surface area (Å²) in [7, 11) is 3.52. The number of likely N-dealkylation sites (N-methyl/N-ethyl adjacent to an activating group) is 1. The number of anilines is 2. The molecule has 2 aliphatic heterocycles. The minimum Gasteiger partial charge on any atom is -0.383 e. The lowest BCUT2D eigenvalue weighted by Crippen LogP contribution is -2.42. The molecule has 2 aliphatic rings. The number of piperidine rings is 2. The van der Waals surface area contributed by atoms with E-state index in [0.717, 1.165) is 50.7 Å². The highest BCUT2D eigenvalue weighted by molar-refractivity contribution is 5.79. The number of carbonyl (C=O) groups excluding carboxylic acids is 1. The van der Waals surface area contributed by atoms with Gasteiger partial charge in [0.1, 0.15) is 0 Å². The van der Waals surface area contributed by atoms with Crippen LogP contribution in [0.25, 0.3) is 0 Å². The Kier molecular flexibility index (Phi) is 6.66. The Balaban J connectivity index is 1.50. The van der Waals surface area contributed by atoms with Crippen LogP contribution >= 0.6 is 0 Å². The molecule has 0 N–H and O–H groups in total. The van der Waals surface area contributed by atoms with E-state index in [2.05, 4.69) is 19.8 Å². The summed E-state index contributed by atoms with van der Waals surface area (Å²) >= 11 is 0. The van der Waals surface area contributed by atoms with Crippen molar-refractivity contribution < 1.29 is 9.53 Å². The van der Waals surface area contributed by atoms with Gasteiger partial charge < -0.3 is 19.4 Å². The highest BCUT2D eigenvalue weighted by atomic mass is 16.5. The molecule has 0 unspecified atom stereocenters. The van der Waals surface area contributed by atoms with Crippen LogP contribution in [-0.4, -0.2) is 74.3 Å². The average molecular weight is 361 g/mol. The van der Waals surface area contributed by atoms with Gasteiger partial charge in [0, 0.05) is 52.8 Å². The topological polar surface area (TPSA) is 61.8 Å². The van der Waals surface area contributed by atoms with Gasteiger partial charge in [-0.2, -0.15) is 0 Å². The zero-order valence-corrected chi connectivity index (χ0v) is 16.1. The fraction of sp³-hybridized carbons (Fsp3) is 0.737. The van der Waals surface area contributed by atoms with Crippen LogP contribution in [-0.2, 0) is 9.53 Å². The molecule has 2 saturated heterocycles. The largest absolute Gasteiger partial charge is 0.383 e. The van der Waals surface area contributed by atoms with Gasteiger partial charge in [-0.3, -0.25) is 4.79 Å². The fourth-order valence-electron chi connectivity index (χ4n) is 3.77. The number of nitrogens with zero attached hydrogens (tertiary/aromatic N) is 5. The summed E-state index contributed by atoms with van der Waals surface area (Å²) in [6.45, 7) is 5.11. The van der Waals surface area contributed by atoms with E-state index >= 15 is 0 Å². The third-order valence-electron chi connectivity index (χ3n) is 5.48. The van der Waals surface area contributed by atoms with E-state index in [1.165, 1.54) is 19.3 Å². The van der Waals surface area contributed by atoms with Crippen molar-refractivity contribution in [2.45, 2.75) is 32.1 Å². The van der Waals surface area contributed by atoms with Crippen molar-refractivity contribution >= 4 is 17.5 Å². The van der Waals surface area contributed by atoms with E-state index in [1.54, 1.807) is 12.0 Å². The maximum Gasteiger partial charge on any atom is 0.225 e. The van der Waals surface area contributed by atoms with Gasteiger partial charge in [0.2, 0.25) is 11.9 Å². The van der Waals surface area contributed by atoms with E-state index in [1.807, 2.05) is 19.4 Å². The second kappa shape index (κ2) is 9.16. The number of methoxy groups -OCH3 is 1. The zero-order valence-electron chi connectivity index (χ0n) is 16.1. The van der Waals surface area contributed by atoms with Crippen LogP contribution in [0.1, 0.15) is 32.1 Å². The molecule has 0 radical (unpaired) electrons. The third-order valence-corrected chi connectivity index (χ3v) is 5.48. The smallest absolute Gasteiger partial charge is 0.225 e. The SMILES string of the molecule is COCCN(C)C(=O)C1CCN(c2cnc(N3CCCCC3)nc2)CC1.